The Morgan fingerprint density at radius 2 is 1.92 bits per heavy atom. The smallest absolute Gasteiger partial charge is 0.0274 e. The van der Waals surface area contributed by atoms with Crippen LogP contribution >= 0.6 is 0 Å². The molecule has 0 saturated heterocycles. The van der Waals surface area contributed by atoms with Gasteiger partial charge in [0.25, 0.3) is 0 Å². The van der Waals surface area contributed by atoms with Crippen molar-refractivity contribution in [2.75, 3.05) is 0 Å². The highest BCUT2D eigenvalue weighted by Gasteiger charge is 1.97. The molecule has 0 saturated carbocycles. The van der Waals surface area contributed by atoms with Crippen LogP contribution in [0.15, 0.2) is 36.2 Å². The fraction of sp³-hybridized carbons (Fsp3) is 0.400. The summed E-state index contributed by atoms with van der Waals surface area (Å²) in [6, 6.07) is 0. The fourth-order valence-electron chi connectivity index (χ4n) is 0.916. The summed E-state index contributed by atoms with van der Waals surface area (Å²) in [7, 11) is 0. The topological polar surface area (TPSA) is 52.0 Å². The Labute approximate surface area is 74.6 Å². The number of hydrogen-bond acceptors (Lipinski definition) is 2. The van der Waals surface area contributed by atoms with E-state index in [-0.39, 0.29) is 0 Å². The molecule has 0 heterocycles. The second-order valence-electron chi connectivity index (χ2n) is 2.87. The predicted molar refractivity (Wildman–Crippen MR) is 54.3 cm³/mol. The molecule has 2 nitrogen and oxygen atoms in total. The molecule has 0 rings (SSSR count). The van der Waals surface area contributed by atoms with Crippen LogP contribution in [0.3, 0.4) is 0 Å². The fourth-order valence-corrected chi connectivity index (χ4v) is 0.916. The molecule has 0 aliphatic rings. The maximum absolute atomic E-state index is 5.57. The molecule has 0 radical (unpaired) electrons. The maximum atomic E-state index is 5.57. The Balaban J connectivity index is 4.23. The molecule has 0 unspecified atom stereocenters. The molecule has 0 fully saturated rings. The number of nitrogens with two attached hydrogens (primary N) is 2. The van der Waals surface area contributed by atoms with Gasteiger partial charge in [-0.1, -0.05) is 26.5 Å². The second-order valence-corrected chi connectivity index (χ2v) is 2.87. The van der Waals surface area contributed by atoms with Crippen LogP contribution in [0.2, 0.25) is 0 Å². The third-order valence-corrected chi connectivity index (χ3v) is 1.57. The van der Waals surface area contributed by atoms with E-state index in [2.05, 4.69) is 20.1 Å². The highest BCUT2D eigenvalue weighted by molar-refractivity contribution is 5.31. The Hall–Kier alpha value is -1.18. The van der Waals surface area contributed by atoms with Gasteiger partial charge in [-0.3, -0.25) is 0 Å². The number of allylic oxidation sites excluding steroid dienone is 2. The first-order valence-corrected chi connectivity index (χ1v) is 4.17. The van der Waals surface area contributed by atoms with Crippen LogP contribution < -0.4 is 11.5 Å². The van der Waals surface area contributed by atoms with Crippen LogP contribution in [-0.4, -0.2) is 0 Å². The molecule has 0 atom stereocenters. The lowest BCUT2D eigenvalue weighted by atomic mass is 10.1. The molecule has 0 aromatic rings. The molecule has 0 amide bonds. The van der Waals surface area contributed by atoms with Gasteiger partial charge in [-0.15, -0.1) is 0 Å². The maximum Gasteiger partial charge on any atom is 0.0274 e. The zero-order valence-corrected chi connectivity index (χ0v) is 7.77. The lowest BCUT2D eigenvalue weighted by Crippen LogP contribution is -2.02. The molecule has 68 valence electrons. The Morgan fingerprint density at radius 3 is 2.25 bits per heavy atom. The van der Waals surface area contributed by atoms with Gasteiger partial charge >= 0.3 is 0 Å². The molecule has 0 bridgehead atoms. The average Bonchev–Trinajstić information content (AvgIpc) is 1.96. The van der Waals surface area contributed by atoms with E-state index in [0.717, 1.165) is 24.8 Å². The van der Waals surface area contributed by atoms with Crippen molar-refractivity contribution >= 4 is 0 Å². The normalized spacial score (nSPS) is 11.2. The lowest BCUT2D eigenvalue weighted by Gasteiger charge is -2.05. The van der Waals surface area contributed by atoms with E-state index in [4.69, 9.17) is 11.5 Å². The summed E-state index contributed by atoms with van der Waals surface area (Å²) in [6.45, 7) is 9.40. The van der Waals surface area contributed by atoms with Crippen LogP contribution in [0, 0.1) is 0 Å². The van der Waals surface area contributed by atoms with Gasteiger partial charge in [0.2, 0.25) is 0 Å². The minimum absolute atomic E-state index is 0.535. The Morgan fingerprint density at radius 1 is 1.33 bits per heavy atom. The Kier molecular flexibility index (Phi) is 4.93. The van der Waals surface area contributed by atoms with E-state index in [1.54, 1.807) is 6.08 Å². The van der Waals surface area contributed by atoms with Gasteiger partial charge in [0.1, 0.15) is 0 Å². The van der Waals surface area contributed by atoms with Crippen molar-refractivity contribution in [2.45, 2.75) is 26.2 Å². The molecular weight excluding hydrogens is 148 g/mol. The average molecular weight is 166 g/mol. The van der Waals surface area contributed by atoms with Crippen molar-refractivity contribution in [3.63, 3.8) is 0 Å². The van der Waals surface area contributed by atoms with Gasteiger partial charge in [-0.25, -0.2) is 0 Å². The summed E-state index contributed by atoms with van der Waals surface area (Å²) in [5.74, 6) is 0. The molecule has 0 spiro atoms. The SMILES string of the molecule is C=C(N)/C=C(/CCCC)C(=C)N. The van der Waals surface area contributed by atoms with Crippen LogP contribution in [0.25, 0.3) is 0 Å². The van der Waals surface area contributed by atoms with Crippen LogP contribution in [0.4, 0.5) is 0 Å². The number of rotatable bonds is 5. The molecular formula is C10H18N2. The third-order valence-electron chi connectivity index (χ3n) is 1.57. The second kappa shape index (κ2) is 5.47. The van der Waals surface area contributed by atoms with Crippen LogP contribution in [0.5, 0.6) is 0 Å². The molecule has 0 aromatic carbocycles. The third kappa shape index (κ3) is 4.61. The van der Waals surface area contributed by atoms with E-state index >= 15 is 0 Å². The minimum atomic E-state index is 0.535. The van der Waals surface area contributed by atoms with Crippen molar-refractivity contribution in [2.24, 2.45) is 11.5 Å². The number of unbranched alkanes of at least 4 members (excludes halogenated alkanes) is 1. The first kappa shape index (κ1) is 10.8. The van der Waals surface area contributed by atoms with Crippen molar-refractivity contribution in [1.29, 1.82) is 0 Å². The monoisotopic (exact) mass is 166 g/mol. The molecule has 4 N–H and O–H groups in total. The van der Waals surface area contributed by atoms with Gasteiger partial charge in [-0.05, 0) is 24.5 Å². The molecule has 2 heteroatoms. The lowest BCUT2D eigenvalue weighted by molar-refractivity contribution is 0.789. The summed E-state index contributed by atoms with van der Waals surface area (Å²) in [5.41, 5.74) is 13.1. The highest BCUT2D eigenvalue weighted by Crippen LogP contribution is 2.12. The largest absolute Gasteiger partial charge is 0.399 e. The predicted octanol–water partition coefficient (Wildman–Crippen LogP) is 2.05. The van der Waals surface area contributed by atoms with E-state index in [0.29, 0.717) is 11.4 Å². The molecule has 0 aromatic heterocycles. The first-order chi connectivity index (χ1) is 5.57. The highest BCUT2D eigenvalue weighted by atomic mass is 14.6. The van der Waals surface area contributed by atoms with Crippen molar-refractivity contribution in [1.82, 2.24) is 0 Å². The summed E-state index contributed by atoms with van der Waals surface area (Å²) in [4.78, 5) is 0. The summed E-state index contributed by atoms with van der Waals surface area (Å²) in [5, 5.41) is 0. The standard InChI is InChI=1S/C10H18N2/c1-4-5-6-10(9(3)12)7-8(2)11/h7H,2-6,11-12H2,1H3/b10-7-. The quantitative estimate of drug-likeness (QED) is 0.614. The summed E-state index contributed by atoms with van der Waals surface area (Å²) >= 11 is 0. The summed E-state index contributed by atoms with van der Waals surface area (Å²) < 4.78 is 0. The van der Waals surface area contributed by atoms with Gasteiger partial charge in [0, 0.05) is 11.4 Å². The number of hydrogen-bond donors (Lipinski definition) is 2. The van der Waals surface area contributed by atoms with Crippen LogP contribution in [-0.2, 0) is 0 Å². The van der Waals surface area contributed by atoms with E-state index < -0.39 is 0 Å². The van der Waals surface area contributed by atoms with Crippen molar-refractivity contribution in [3.05, 3.63) is 36.2 Å². The molecule has 12 heavy (non-hydrogen) atoms. The first-order valence-electron chi connectivity index (χ1n) is 4.17. The summed E-state index contributed by atoms with van der Waals surface area (Å²) in [6.07, 6.45) is 4.97. The molecule has 0 aliphatic heterocycles. The Bertz CT molecular complexity index is 202. The van der Waals surface area contributed by atoms with E-state index in [1.165, 1.54) is 0 Å². The van der Waals surface area contributed by atoms with Gasteiger partial charge in [-0.2, -0.15) is 0 Å². The van der Waals surface area contributed by atoms with Gasteiger partial charge in [0.15, 0.2) is 0 Å². The minimum Gasteiger partial charge on any atom is -0.399 e. The van der Waals surface area contributed by atoms with Crippen molar-refractivity contribution in [3.8, 4) is 0 Å². The van der Waals surface area contributed by atoms with Crippen molar-refractivity contribution < 1.29 is 0 Å². The zero-order valence-electron chi connectivity index (χ0n) is 7.77. The zero-order chi connectivity index (χ0) is 9.56. The molecule has 0 aliphatic carbocycles. The van der Waals surface area contributed by atoms with E-state index in [9.17, 15) is 0 Å². The van der Waals surface area contributed by atoms with Crippen LogP contribution in [0.1, 0.15) is 26.2 Å². The van der Waals surface area contributed by atoms with Gasteiger partial charge < -0.3 is 11.5 Å². The van der Waals surface area contributed by atoms with E-state index in [1.807, 2.05) is 0 Å². The van der Waals surface area contributed by atoms with Gasteiger partial charge in [0.05, 0.1) is 0 Å².